The molecular formula is C73H100N18O20S2. The van der Waals surface area contributed by atoms with Crippen molar-refractivity contribution < 1.29 is 96.8 Å². The first-order chi connectivity index (χ1) is 53.3. The van der Waals surface area contributed by atoms with E-state index < -0.39 is 243 Å². The molecule has 0 saturated carbocycles. The number of primary amides is 4. The average Bonchev–Trinajstić information content (AvgIpc) is 1.76. The van der Waals surface area contributed by atoms with Crippen LogP contribution in [-0.4, -0.2) is 216 Å². The average molecular weight is 1610 g/mol. The molecule has 0 aliphatic heterocycles. The van der Waals surface area contributed by atoms with Crippen molar-refractivity contribution in [2.24, 2.45) is 28.9 Å². The van der Waals surface area contributed by atoms with Crippen LogP contribution in [0, 0.1) is 5.92 Å². The summed E-state index contributed by atoms with van der Waals surface area (Å²) in [5.74, 6) is -18.6. The van der Waals surface area contributed by atoms with Gasteiger partial charge in [-0.2, -0.15) is 25.3 Å². The first kappa shape index (κ1) is 91.8. The van der Waals surface area contributed by atoms with E-state index in [-0.39, 0.29) is 43.1 Å². The van der Waals surface area contributed by atoms with Crippen LogP contribution in [0.3, 0.4) is 0 Å². The Morgan fingerprint density at radius 2 is 0.841 bits per heavy atom. The van der Waals surface area contributed by atoms with Crippen LogP contribution in [0.25, 0.3) is 21.8 Å². The van der Waals surface area contributed by atoms with E-state index in [0.29, 0.717) is 38.5 Å². The molecule has 2 aromatic heterocycles. The highest BCUT2D eigenvalue weighted by molar-refractivity contribution is 7.80. The summed E-state index contributed by atoms with van der Waals surface area (Å²) in [5, 5.41) is 62.0. The number of hydrogen-bond donors (Lipinski definition) is 23. The van der Waals surface area contributed by atoms with Crippen LogP contribution in [0.15, 0.2) is 85.2 Å². The number of nitrogens with two attached hydrogens (primary N) is 4. The Morgan fingerprint density at radius 3 is 1.30 bits per heavy atom. The van der Waals surface area contributed by atoms with Crippen molar-refractivity contribution in [2.75, 3.05) is 18.1 Å². The Balaban J connectivity index is 1.50. The number of amides is 16. The number of carbonyl (C=O) groups is 17. The Hall–Kier alpha value is -11.8. The molecule has 0 unspecified atom stereocenters. The lowest BCUT2D eigenvalue weighted by Gasteiger charge is -2.34. The lowest BCUT2D eigenvalue weighted by atomic mass is 9.89. The van der Waals surface area contributed by atoms with Crippen LogP contribution in [-0.2, 0) is 101 Å². The number of aromatic amines is 2. The number of phenols is 1. The number of nitrogens with one attached hydrogen (secondary N) is 14. The van der Waals surface area contributed by atoms with Gasteiger partial charge in [-0.1, -0.05) is 62.4 Å². The van der Waals surface area contributed by atoms with Gasteiger partial charge in [0.15, 0.2) is 0 Å². The van der Waals surface area contributed by atoms with Crippen LogP contribution in [0.4, 0.5) is 0 Å². The number of carboxylic acids is 1. The highest BCUT2D eigenvalue weighted by atomic mass is 32.1. The van der Waals surface area contributed by atoms with E-state index in [1.807, 2.05) is 13.8 Å². The number of aromatic hydroxyl groups is 1. The van der Waals surface area contributed by atoms with Crippen LogP contribution in [0.1, 0.15) is 116 Å². The standard InChI is InChI=1S/C73H100N18O20S2/c1-36(2)14-19-51(65(104)83-50(23-27-60(99)100)63(102)82-47(20-24-56(74)95)62(101)80-33-59(77)98)89-72(111)73(5,30-41-32-79-46-13-9-7-11-44(41)46)91-70(109)52(28-39-15-17-42(94)18-16-39)86-69(108)55(35-113)88-64(103)48(21-25-57(75)96)84-67(106)53(29-40-31-78-45-12-8-6-10-43(40)45)87-71(110)61(37(3)92)90-66(105)49(22-26-58(76)97)85-68(107)54(34-112)81-38(4)93/h6-13,15-18,31-32,36-37,47-55,61,78-79,92,94,112-113H,14,19-30,33-35H2,1-5H3,(H2,74,95)(H2,75,96)(H2,76,97)(H2,77,98)(H,80,101)(H,81,93)(H,82,102)(H,83,104)(H,84,106)(H,85,107)(H,86,108)(H,87,110)(H,88,103)(H,89,111)(H,90,105)(H,91,109)(H,99,100)/t37-,47+,48+,49+,50+,51+,52+,53+,54+,55+,61+,73+/m1/s1. The second-order valence-electron chi connectivity index (χ2n) is 27.7. The fourth-order valence-corrected chi connectivity index (χ4v) is 12.3. The van der Waals surface area contributed by atoms with E-state index in [4.69, 9.17) is 22.9 Å². The Labute approximate surface area is 659 Å². The third-order valence-electron chi connectivity index (χ3n) is 17.9. The van der Waals surface area contributed by atoms with Crippen molar-refractivity contribution in [1.29, 1.82) is 0 Å². The van der Waals surface area contributed by atoms with Gasteiger partial charge in [-0.15, -0.1) is 0 Å². The first-order valence-corrected chi connectivity index (χ1v) is 37.3. The predicted molar refractivity (Wildman–Crippen MR) is 415 cm³/mol. The molecule has 0 aliphatic carbocycles. The Bertz CT molecular complexity index is 4270. The molecule has 0 bridgehead atoms. The molecule has 0 spiro atoms. The summed E-state index contributed by atoms with van der Waals surface area (Å²) in [6.45, 7) is 6.50. The number of fused-ring (bicyclic) bond motifs is 2. The molecule has 40 heteroatoms. The van der Waals surface area contributed by atoms with Crippen molar-refractivity contribution in [1.82, 2.24) is 73.8 Å². The fourth-order valence-electron chi connectivity index (χ4n) is 11.8. The topological polar surface area (TPSA) is 631 Å². The van der Waals surface area contributed by atoms with Crippen molar-refractivity contribution >= 4 is 148 Å². The van der Waals surface area contributed by atoms with Gasteiger partial charge in [0.2, 0.25) is 94.5 Å². The number of aliphatic hydroxyl groups excluding tert-OH is 1. The van der Waals surface area contributed by atoms with E-state index in [1.165, 1.54) is 37.4 Å². The summed E-state index contributed by atoms with van der Waals surface area (Å²) < 4.78 is 0. The highest BCUT2D eigenvalue weighted by Gasteiger charge is 2.42. The van der Waals surface area contributed by atoms with Gasteiger partial charge in [-0.25, -0.2) is 0 Å². The quantitative estimate of drug-likeness (QED) is 0.0165. The normalized spacial score (nSPS) is 14.6. The van der Waals surface area contributed by atoms with E-state index in [2.05, 4.69) is 99.0 Å². The van der Waals surface area contributed by atoms with Crippen molar-refractivity contribution in [3.63, 3.8) is 0 Å². The van der Waals surface area contributed by atoms with E-state index >= 15 is 9.59 Å². The van der Waals surface area contributed by atoms with Gasteiger partial charge in [0.25, 0.3) is 0 Å². The minimum absolute atomic E-state index is 0.134. The number of rotatable bonds is 48. The second-order valence-corrected chi connectivity index (χ2v) is 28.4. The lowest BCUT2D eigenvalue weighted by molar-refractivity contribution is -0.139. The summed E-state index contributed by atoms with van der Waals surface area (Å²) in [4.78, 5) is 237. The van der Waals surface area contributed by atoms with Crippen LogP contribution in [0.5, 0.6) is 5.75 Å². The molecule has 12 atom stereocenters. The number of phenolic OH excluding ortho intramolecular Hbond substituents is 1. The number of para-hydroxylation sites is 2. The van der Waals surface area contributed by atoms with E-state index in [9.17, 15) is 87.2 Å². The van der Waals surface area contributed by atoms with Gasteiger partial charge in [-0.05, 0) is 99.2 Å². The zero-order chi connectivity index (χ0) is 84.0. The molecule has 0 radical (unpaired) electrons. The molecule has 2 heterocycles. The smallest absolute Gasteiger partial charge is 0.303 e. The van der Waals surface area contributed by atoms with Crippen molar-refractivity contribution in [2.45, 2.75) is 190 Å². The molecule has 5 rings (SSSR count). The molecular weight excluding hydrogens is 1510 g/mol. The summed E-state index contributed by atoms with van der Waals surface area (Å²) in [6, 6.07) is 2.54. The van der Waals surface area contributed by atoms with Crippen LogP contribution >= 0.6 is 25.3 Å². The van der Waals surface area contributed by atoms with Crippen LogP contribution < -0.4 is 86.7 Å². The van der Waals surface area contributed by atoms with Gasteiger partial charge >= 0.3 is 5.97 Å². The Morgan fingerprint density at radius 1 is 0.442 bits per heavy atom. The summed E-state index contributed by atoms with van der Waals surface area (Å²) in [7, 11) is 0. The maximum absolute atomic E-state index is 15.4. The number of aromatic nitrogens is 2. The zero-order valence-corrected chi connectivity index (χ0v) is 64.6. The largest absolute Gasteiger partial charge is 0.508 e. The second kappa shape index (κ2) is 44.3. The van der Waals surface area contributed by atoms with Crippen molar-refractivity contribution in [3.8, 4) is 5.75 Å². The van der Waals surface area contributed by atoms with Gasteiger partial charge in [0, 0.05) is 97.6 Å². The number of hydrogen-bond acceptors (Lipinski definition) is 21. The summed E-state index contributed by atoms with van der Waals surface area (Å²) in [5.41, 5.74) is 21.7. The SMILES string of the molecule is CC(=O)N[C@@H](CS)C(=O)N[C@@H](CCC(N)=O)C(=O)N[C@H](C(=O)N[C@@H](Cc1c[nH]c2ccccc12)C(=O)N[C@@H](CCC(N)=O)C(=O)N[C@@H](CS)C(=O)N[C@@H](Cc1ccc(O)cc1)C(=O)N[C@@](C)(Cc1c[nH]c2ccccc12)C(=O)N[C@@H](CCC(C)C)C(=O)N[C@@H](CCC(=O)O)C(=O)N[C@@H](CCC(N)=O)C(=O)NCC(N)=O)[C@@H](C)O. The molecule has 3 aromatic carbocycles. The summed E-state index contributed by atoms with van der Waals surface area (Å²) >= 11 is 8.46. The number of thiol groups is 2. The minimum atomic E-state index is -2.14. The van der Waals surface area contributed by atoms with Gasteiger partial charge in [-0.3, -0.25) is 81.5 Å². The molecule has 0 saturated heterocycles. The van der Waals surface area contributed by atoms with Crippen molar-refractivity contribution in [3.05, 3.63) is 102 Å². The third-order valence-corrected chi connectivity index (χ3v) is 18.7. The maximum atomic E-state index is 15.4. The lowest BCUT2D eigenvalue weighted by Crippen LogP contribution is -2.65. The predicted octanol–water partition coefficient (Wildman–Crippen LogP) is -3.94. The molecule has 0 fully saturated rings. The van der Waals surface area contributed by atoms with Gasteiger partial charge < -0.3 is 112 Å². The van der Waals surface area contributed by atoms with Gasteiger partial charge in [0.05, 0.1) is 12.6 Å². The molecule has 614 valence electrons. The fraction of sp³-hybridized carbons (Fsp3) is 0.466. The molecule has 113 heavy (non-hydrogen) atoms. The highest BCUT2D eigenvalue weighted by Crippen LogP contribution is 2.25. The number of benzene rings is 3. The zero-order valence-electron chi connectivity index (χ0n) is 62.8. The number of carboxylic acid groups (broad SMARTS) is 1. The molecule has 38 nitrogen and oxygen atoms in total. The van der Waals surface area contributed by atoms with E-state index in [1.54, 1.807) is 54.7 Å². The maximum Gasteiger partial charge on any atom is 0.303 e. The third kappa shape index (κ3) is 29.8. The molecule has 0 aliphatic rings. The summed E-state index contributed by atoms with van der Waals surface area (Å²) in [6.07, 6.45) is -3.82. The van der Waals surface area contributed by atoms with Crippen LogP contribution in [0.2, 0.25) is 0 Å². The minimum Gasteiger partial charge on any atom is -0.508 e. The number of aliphatic carboxylic acids is 1. The number of H-pyrrole nitrogens is 2. The molecule has 16 amide bonds. The van der Waals surface area contributed by atoms with Gasteiger partial charge in [0.1, 0.15) is 71.7 Å². The van der Waals surface area contributed by atoms with E-state index in [0.717, 1.165) is 13.8 Å². The molecule has 25 N–H and O–H groups in total. The molecule has 5 aromatic rings. The Kier molecular flexibility index (Phi) is 36.0. The first-order valence-electron chi connectivity index (χ1n) is 36.1. The number of aliphatic hydroxyl groups is 1. The monoisotopic (exact) mass is 1610 g/mol. The number of carbonyl (C=O) groups excluding carboxylic acids is 16.